The van der Waals surface area contributed by atoms with Crippen LogP contribution in [-0.2, 0) is 16.4 Å². The van der Waals surface area contributed by atoms with Crippen LogP contribution in [0.5, 0.6) is 0 Å². The number of H-pyrrole nitrogens is 1. The summed E-state index contributed by atoms with van der Waals surface area (Å²) in [6.07, 6.45) is 6.52. The first-order valence-corrected chi connectivity index (χ1v) is 17.3. The summed E-state index contributed by atoms with van der Waals surface area (Å²) in [6, 6.07) is 15.6. The summed E-state index contributed by atoms with van der Waals surface area (Å²) in [7, 11) is -3.73. The van der Waals surface area contributed by atoms with E-state index in [1.54, 1.807) is 6.07 Å². The molecule has 0 aliphatic carbocycles. The van der Waals surface area contributed by atoms with Crippen molar-refractivity contribution in [2.75, 3.05) is 49.9 Å². The number of carbonyl (C=O) groups is 1. The van der Waals surface area contributed by atoms with Crippen LogP contribution in [0.1, 0.15) is 68.1 Å². The molecule has 3 heterocycles. The molecule has 4 aromatic rings. The molecule has 9 nitrogen and oxygen atoms in total. The number of furan rings is 1. The number of nitriles is 1. The predicted molar refractivity (Wildman–Crippen MR) is 175 cm³/mol. The summed E-state index contributed by atoms with van der Waals surface area (Å²) in [5, 5.41) is 11.2. The first-order valence-electron chi connectivity index (χ1n) is 15.7. The molecule has 0 radical (unpaired) electrons. The zero-order valence-corrected chi connectivity index (χ0v) is 26.8. The molecule has 1 fully saturated rings. The van der Waals surface area contributed by atoms with Crippen molar-refractivity contribution in [1.82, 2.24) is 14.2 Å². The van der Waals surface area contributed by atoms with Gasteiger partial charge in [0, 0.05) is 60.9 Å². The number of benzene rings is 2. The molecule has 5 rings (SSSR count). The number of unbranched alkanes of at least 4 members (excludes halogenated alkanes) is 2. The Bertz CT molecular complexity index is 1740. The Balaban J connectivity index is 1.15. The molecule has 0 atom stereocenters. The van der Waals surface area contributed by atoms with E-state index in [-0.39, 0.29) is 24.0 Å². The van der Waals surface area contributed by atoms with E-state index in [1.165, 1.54) is 5.56 Å². The van der Waals surface area contributed by atoms with Crippen molar-refractivity contribution in [2.24, 2.45) is 5.92 Å². The molecule has 1 amide bonds. The Hall–Kier alpha value is -3.81. The minimum atomic E-state index is -3.73. The van der Waals surface area contributed by atoms with Crippen LogP contribution in [0.25, 0.3) is 21.9 Å². The molecule has 10 heteroatoms. The topological polar surface area (TPSA) is 114 Å². The van der Waals surface area contributed by atoms with Gasteiger partial charge >= 0.3 is 5.91 Å². The number of hydrogen-bond acceptors (Lipinski definition) is 7. The quantitative estimate of drug-likeness (QED) is 0.179. The van der Waals surface area contributed by atoms with E-state index < -0.39 is 15.9 Å². The highest BCUT2D eigenvalue weighted by molar-refractivity contribution is 7.89. The molecule has 2 aromatic heterocycles. The van der Waals surface area contributed by atoms with Crippen molar-refractivity contribution in [2.45, 2.75) is 52.9 Å². The van der Waals surface area contributed by atoms with E-state index in [9.17, 15) is 18.5 Å². The monoisotopic (exact) mass is 617 g/mol. The molecule has 0 saturated carbocycles. The van der Waals surface area contributed by atoms with Crippen LogP contribution in [0.4, 0.5) is 5.69 Å². The number of piperazine rings is 1. The normalized spacial score (nSPS) is 14.5. The third-order valence-corrected chi connectivity index (χ3v) is 10.2. The van der Waals surface area contributed by atoms with E-state index in [4.69, 9.17) is 4.42 Å². The van der Waals surface area contributed by atoms with Gasteiger partial charge in [0.05, 0.1) is 17.4 Å². The van der Waals surface area contributed by atoms with Gasteiger partial charge in [-0.2, -0.15) is 5.26 Å². The van der Waals surface area contributed by atoms with E-state index in [0.29, 0.717) is 17.6 Å². The van der Waals surface area contributed by atoms with Gasteiger partial charge in [-0.1, -0.05) is 27.2 Å². The minimum Gasteiger partial charge on any atom is -0.451 e. The molecule has 234 valence electrons. The van der Waals surface area contributed by atoms with Gasteiger partial charge in [-0.25, -0.2) is 12.7 Å². The van der Waals surface area contributed by atoms with Gasteiger partial charge in [0.1, 0.15) is 5.58 Å². The number of rotatable bonds is 13. The third-order valence-electron chi connectivity index (χ3n) is 8.36. The number of aryl methyl sites for hydroxylation is 1. The van der Waals surface area contributed by atoms with Crippen molar-refractivity contribution in [3.63, 3.8) is 0 Å². The average molecular weight is 618 g/mol. The van der Waals surface area contributed by atoms with Gasteiger partial charge in [-0.15, -0.1) is 0 Å². The third kappa shape index (κ3) is 7.28. The molecular weight excluding hydrogens is 574 g/mol. The first kappa shape index (κ1) is 31.6. The molecular formula is C34H43N5O4S. The van der Waals surface area contributed by atoms with Gasteiger partial charge in [0.2, 0.25) is 10.0 Å². The zero-order valence-electron chi connectivity index (χ0n) is 26.0. The minimum absolute atomic E-state index is 0.00294. The highest BCUT2D eigenvalue weighted by Crippen LogP contribution is 2.28. The molecule has 0 spiro atoms. The fourth-order valence-electron chi connectivity index (χ4n) is 5.88. The largest absolute Gasteiger partial charge is 0.451 e. The van der Waals surface area contributed by atoms with Crippen LogP contribution in [0.15, 0.2) is 53.1 Å². The molecule has 0 bridgehead atoms. The van der Waals surface area contributed by atoms with Crippen LogP contribution < -0.4 is 4.90 Å². The maximum atomic E-state index is 13.4. The SMILES string of the molecule is CCCCS(=O)(=O)N(CC(C)C)C(=O)c1cc2cc(N3CCN(CCCCc4c[nH]c5ccc(C#N)cc45)CC3)ccc2o1. The number of fused-ring (bicyclic) bond motifs is 2. The van der Waals surface area contributed by atoms with Gasteiger partial charge in [0.15, 0.2) is 5.76 Å². The lowest BCUT2D eigenvalue weighted by atomic mass is 10.1. The summed E-state index contributed by atoms with van der Waals surface area (Å²) in [6.45, 7) is 10.7. The fraction of sp³-hybridized carbons (Fsp3) is 0.471. The first-order chi connectivity index (χ1) is 21.2. The van der Waals surface area contributed by atoms with Gasteiger partial charge in [-0.05, 0) is 86.2 Å². The highest BCUT2D eigenvalue weighted by atomic mass is 32.2. The molecule has 44 heavy (non-hydrogen) atoms. The summed E-state index contributed by atoms with van der Waals surface area (Å²) >= 11 is 0. The Labute approximate surface area is 260 Å². The second-order valence-electron chi connectivity index (χ2n) is 12.2. The number of anilines is 1. The van der Waals surface area contributed by atoms with Crippen molar-refractivity contribution >= 4 is 43.5 Å². The summed E-state index contributed by atoms with van der Waals surface area (Å²) in [5.41, 5.74) is 4.69. The zero-order chi connectivity index (χ0) is 31.3. The number of aromatic nitrogens is 1. The number of nitrogens with zero attached hydrogens (tertiary/aromatic N) is 4. The van der Waals surface area contributed by atoms with Gasteiger partial charge in [-0.3, -0.25) is 9.69 Å². The van der Waals surface area contributed by atoms with Crippen LogP contribution >= 0.6 is 0 Å². The molecule has 1 saturated heterocycles. The molecule has 1 N–H and O–H groups in total. The maximum absolute atomic E-state index is 13.4. The Morgan fingerprint density at radius 2 is 1.86 bits per heavy atom. The van der Waals surface area contributed by atoms with Crippen LogP contribution in [0.3, 0.4) is 0 Å². The van der Waals surface area contributed by atoms with E-state index in [2.05, 4.69) is 27.0 Å². The van der Waals surface area contributed by atoms with Crippen molar-refractivity contribution in [1.29, 1.82) is 5.26 Å². The highest BCUT2D eigenvalue weighted by Gasteiger charge is 2.31. The lowest BCUT2D eigenvalue weighted by Gasteiger charge is -2.36. The molecule has 1 aliphatic rings. The van der Waals surface area contributed by atoms with Crippen molar-refractivity contribution in [3.05, 3.63) is 65.5 Å². The number of carbonyl (C=O) groups excluding carboxylic acids is 1. The Morgan fingerprint density at radius 3 is 2.59 bits per heavy atom. The standard InChI is InChI=1S/C34H43N5O4S/c1-4-5-18-44(41,42)39(24-25(2)3)34(40)33-21-28-20-29(10-12-32(28)43-33)38-16-14-37(15-17-38)13-7-6-8-27-23-36-31-11-9-26(22-35)19-30(27)31/h9-12,19-21,23,25,36H,4-8,13-18,24H2,1-3H3. The van der Waals surface area contributed by atoms with E-state index in [0.717, 1.165) is 84.7 Å². The number of sulfonamides is 1. The summed E-state index contributed by atoms with van der Waals surface area (Å²) < 4.78 is 32.8. The summed E-state index contributed by atoms with van der Waals surface area (Å²) in [4.78, 5) is 21.5. The average Bonchev–Trinajstić information content (AvgIpc) is 3.64. The van der Waals surface area contributed by atoms with E-state index in [1.807, 2.05) is 57.2 Å². The fourth-order valence-corrected chi connectivity index (χ4v) is 7.62. The van der Waals surface area contributed by atoms with E-state index >= 15 is 0 Å². The Morgan fingerprint density at radius 1 is 1.07 bits per heavy atom. The molecule has 1 aliphatic heterocycles. The second-order valence-corrected chi connectivity index (χ2v) is 14.2. The second kappa shape index (κ2) is 13.9. The number of nitrogens with one attached hydrogen (secondary N) is 1. The lowest BCUT2D eigenvalue weighted by molar-refractivity contribution is 0.0822. The maximum Gasteiger partial charge on any atom is 0.303 e. The molecule has 0 unspecified atom stereocenters. The number of amides is 1. The lowest BCUT2D eigenvalue weighted by Crippen LogP contribution is -2.46. The van der Waals surface area contributed by atoms with Crippen molar-refractivity contribution in [3.8, 4) is 6.07 Å². The van der Waals surface area contributed by atoms with Gasteiger partial charge < -0.3 is 14.3 Å². The number of aromatic amines is 1. The van der Waals surface area contributed by atoms with Crippen LogP contribution in [0.2, 0.25) is 0 Å². The van der Waals surface area contributed by atoms with Crippen molar-refractivity contribution < 1.29 is 17.6 Å². The number of hydrogen-bond donors (Lipinski definition) is 1. The summed E-state index contributed by atoms with van der Waals surface area (Å²) in [5.74, 6) is -0.589. The van der Waals surface area contributed by atoms with Gasteiger partial charge in [0.25, 0.3) is 0 Å². The predicted octanol–water partition coefficient (Wildman–Crippen LogP) is 6.16. The smallest absolute Gasteiger partial charge is 0.303 e. The Kier molecular flexibility index (Phi) is 9.97. The van der Waals surface area contributed by atoms with Crippen LogP contribution in [-0.4, -0.2) is 73.5 Å². The molecule has 2 aromatic carbocycles. The van der Waals surface area contributed by atoms with Crippen LogP contribution in [0, 0.1) is 17.2 Å².